The van der Waals surface area contributed by atoms with Crippen molar-refractivity contribution in [3.05, 3.63) is 30.1 Å². The minimum Gasteiger partial charge on any atom is -0.450 e. The maximum absolute atomic E-state index is 5.95. The average Bonchev–Trinajstić information content (AvgIpc) is 2.85. The molecule has 4 heteroatoms. The van der Waals surface area contributed by atoms with Crippen molar-refractivity contribution < 1.29 is 4.42 Å². The fourth-order valence-corrected chi connectivity index (χ4v) is 2.39. The predicted molar refractivity (Wildman–Crippen MR) is 86.6 cm³/mol. The van der Waals surface area contributed by atoms with Crippen LogP contribution >= 0.6 is 0 Å². The summed E-state index contributed by atoms with van der Waals surface area (Å²) in [4.78, 5) is 9.24. The molecule has 2 heterocycles. The molecule has 0 saturated carbocycles. The van der Waals surface area contributed by atoms with Crippen molar-refractivity contribution in [2.45, 2.75) is 33.6 Å². The molecule has 4 nitrogen and oxygen atoms in total. The lowest BCUT2D eigenvalue weighted by Gasteiger charge is -2.08. The molecule has 0 aliphatic heterocycles. The van der Waals surface area contributed by atoms with Gasteiger partial charge in [0.2, 0.25) is 0 Å². The van der Waals surface area contributed by atoms with Crippen LogP contribution in [0.5, 0.6) is 0 Å². The number of aryl methyl sites for hydroxylation is 1. The second kappa shape index (κ2) is 5.72. The number of aromatic nitrogens is 2. The number of para-hydroxylation sites is 1. The predicted octanol–water partition coefficient (Wildman–Crippen LogP) is 4.40. The van der Waals surface area contributed by atoms with Crippen LogP contribution in [0, 0.1) is 5.92 Å². The van der Waals surface area contributed by atoms with Crippen molar-refractivity contribution in [2.75, 3.05) is 11.9 Å². The van der Waals surface area contributed by atoms with Gasteiger partial charge in [-0.05, 0) is 24.5 Å². The Morgan fingerprint density at radius 2 is 2.00 bits per heavy atom. The Kier molecular flexibility index (Phi) is 3.78. The van der Waals surface area contributed by atoms with Crippen LogP contribution in [0.1, 0.15) is 33.0 Å². The number of fused-ring (bicyclic) bond motifs is 3. The van der Waals surface area contributed by atoms with E-state index in [1.807, 2.05) is 24.3 Å². The van der Waals surface area contributed by atoms with E-state index in [2.05, 4.69) is 36.1 Å². The van der Waals surface area contributed by atoms with E-state index in [9.17, 15) is 0 Å². The molecule has 2 aromatic heterocycles. The third kappa shape index (κ3) is 2.71. The summed E-state index contributed by atoms with van der Waals surface area (Å²) in [6.07, 6.45) is 1.92. The quantitative estimate of drug-likeness (QED) is 0.754. The number of nitrogens with one attached hydrogen (secondary N) is 1. The van der Waals surface area contributed by atoms with Crippen LogP contribution < -0.4 is 5.32 Å². The van der Waals surface area contributed by atoms with Gasteiger partial charge in [0.25, 0.3) is 0 Å². The van der Waals surface area contributed by atoms with Gasteiger partial charge in [-0.3, -0.25) is 0 Å². The molecule has 0 amide bonds. The Labute approximate surface area is 124 Å². The smallest absolute Gasteiger partial charge is 0.196 e. The van der Waals surface area contributed by atoms with Gasteiger partial charge >= 0.3 is 0 Å². The van der Waals surface area contributed by atoms with Crippen molar-refractivity contribution in [1.29, 1.82) is 0 Å². The fourth-order valence-electron chi connectivity index (χ4n) is 2.39. The Balaban J connectivity index is 2.08. The van der Waals surface area contributed by atoms with E-state index in [-0.39, 0.29) is 0 Å². The molecular weight excluding hydrogens is 262 g/mol. The van der Waals surface area contributed by atoms with Crippen molar-refractivity contribution in [3.8, 4) is 0 Å². The highest BCUT2D eigenvalue weighted by atomic mass is 16.3. The first-order valence-electron chi connectivity index (χ1n) is 7.61. The number of benzene rings is 1. The monoisotopic (exact) mass is 283 g/mol. The topological polar surface area (TPSA) is 51.0 Å². The molecule has 21 heavy (non-hydrogen) atoms. The van der Waals surface area contributed by atoms with Crippen molar-refractivity contribution in [1.82, 2.24) is 9.97 Å². The molecular formula is C17H21N3O. The van der Waals surface area contributed by atoms with Gasteiger partial charge in [0.05, 0.1) is 0 Å². The summed E-state index contributed by atoms with van der Waals surface area (Å²) in [5.41, 5.74) is 2.53. The number of furan rings is 1. The SMILES string of the molecule is CCc1nc(NCCC(C)C)c2oc3ccccc3c2n1. The number of hydrogen-bond donors (Lipinski definition) is 1. The van der Waals surface area contributed by atoms with Crippen LogP contribution in [-0.4, -0.2) is 16.5 Å². The third-order valence-electron chi connectivity index (χ3n) is 3.60. The second-order valence-electron chi connectivity index (χ2n) is 5.73. The van der Waals surface area contributed by atoms with Gasteiger partial charge in [0.1, 0.15) is 16.9 Å². The lowest BCUT2D eigenvalue weighted by atomic mass is 10.1. The second-order valence-corrected chi connectivity index (χ2v) is 5.73. The molecule has 110 valence electrons. The average molecular weight is 283 g/mol. The highest BCUT2D eigenvalue weighted by Crippen LogP contribution is 2.31. The lowest BCUT2D eigenvalue weighted by molar-refractivity contribution is 0.605. The molecule has 0 aliphatic carbocycles. The highest BCUT2D eigenvalue weighted by Gasteiger charge is 2.14. The van der Waals surface area contributed by atoms with Gasteiger partial charge in [-0.15, -0.1) is 0 Å². The fraction of sp³-hybridized carbons (Fsp3) is 0.412. The van der Waals surface area contributed by atoms with Crippen LogP contribution in [0.2, 0.25) is 0 Å². The molecule has 0 fully saturated rings. The Morgan fingerprint density at radius 3 is 2.76 bits per heavy atom. The maximum atomic E-state index is 5.95. The summed E-state index contributed by atoms with van der Waals surface area (Å²) in [5.74, 6) is 2.32. The summed E-state index contributed by atoms with van der Waals surface area (Å²) >= 11 is 0. The van der Waals surface area contributed by atoms with E-state index >= 15 is 0 Å². The van der Waals surface area contributed by atoms with Crippen LogP contribution in [-0.2, 0) is 6.42 Å². The van der Waals surface area contributed by atoms with E-state index in [4.69, 9.17) is 4.42 Å². The van der Waals surface area contributed by atoms with Gasteiger partial charge in [-0.2, -0.15) is 0 Å². The van der Waals surface area contributed by atoms with Crippen molar-refractivity contribution in [2.24, 2.45) is 5.92 Å². The molecule has 3 aromatic rings. The highest BCUT2D eigenvalue weighted by molar-refractivity contribution is 6.05. The zero-order valence-corrected chi connectivity index (χ0v) is 12.8. The Morgan fingerprint density at radius 1 is 1.19 bits per heavy atom. The standard InChI is InChI=1S/C17H21N3O/c1-4-14-19-15-12-7-5-6-8-13(12)21-16(15)17(20-14)18-10-9-11(2)3/h5-8,11H,4,9-10H2,1-3H3,(H,18,19,20). The number of nitrogens with zero attached hydrogens (tertiary/aromatic N) is 2. The molecule has 0 spiro atoms. The summed E-state index contributed by atoms with van der Waals surface area (Å²) in [5, 5.41) is 4.46. The molecule has 0 bridgehead atoms. The summed E-state index contributed by atoms with van der Waals surface area (Å²) in [7, 11) is 0. The molecule has 0 unspecified atom stereocenters. The molecule has 1 N–H and O–H groups in total. The molecule has 3 rings (SSSR count). The van der Waals surface area contributed by atoms with Crippen molar-refractivity contribution >= 4 is 27.9 Å². The number of anilines is 1. The first-order chi connectivity index (χ1) is 10.2. The van der Waals surface area contributed by atoms with Crippen LogP contribution in [0.4, 0.5) is 5.82 Å². The summed E-state index contributed by atoms with van der Waals surface area (Å²) in [6, 6.07) is 8.01. The van der Waals surface area contributed by atoms with Crippen LogP contribution in [0.15, 0.2) is 28.7 Å². The largest absolute Gasteiger partial charge is 0.450 e. The minimum atomic E-state index is 0.663. The van der Waals surface area contributed by atoms with Gasteiger partial charge in [0.15, 0.2) is 11.4 Å². The zero-order chi connectivity index (χ0) is 14.8. The first kappa shape index (κ1) is 13.9. The van der Waals surface area contributed by atoms with E-state index < -0.39 is 0 Å². The minimum absolute atomic E-state index is 0.663. The molecule has 0 radical (unpaired) electrons. The lowest BCUT2D eigenvalue weighted by Crippen LogP contribution is -2.08. The van der Waals surface area contributed by atoms with Gasteiger partial charge < -0.3 is 9.73 Å². The van der Waals surface area contributed by atoms with Crippen molar-refractivity contribution in [3.63, 3.8) is 0 Å². The molecule has 1 aromatic carbocycles. The molecule has 0 aliphatic rings. The van der Waals surface area contributed by atoms with Gasteiger partial charge in [-0.25, -0.2) is 9.97 Å². The number of hydrogen-bond acceptors (Lipinski definition) is 4. The molecule has 0 atom stereocenters. The summed E-state index contributed by atoms with van der Waals surface area (Å²) < 4.78 is 5.95. The number of rotatable bonds is 5. The normalized spacial score (nSPS) is 11.6. The Hall–Kier alpha value is -2.10. The third-order valence-corrected chi connectivity index (χ3v) is 3.60. The molecule has 0 saturated heterocycles. The maximum Gasteiger partial charge on any atom is 0.196 e. The van der Waals surface area contributed by atoms with E-state index in [0.29, 0.717) is 5.92 Å². The van der Waals surface area contributed by atoms with Gasteiger partial charge in [0, 0.05) is 18.4 Å². The zero-order valence-electron chi connectivity index (χ0n) is 12.8. The van der Waals surface area contributed by atoms with Gasteiger partial charge in [-0.1, -0.05) is 32.9 Å². The van der Waals surface area contributed by atoms with Crippen LogP contribution in [0.25, 0.3) is 22.1 Å². The Bertz CT molecular complexity index is 761. The first-order valence-corrected chi connectivity index (χ1v) is 7.61. The van der Waals surface area contributed by atoms with E-state index in [1.165, 1.54) is 0 Å². The van der Waals surface area contributed by atoms with Crippen LogP contribution in [0.3, 0.4) is 0 Å². The summed E-state index contributed by atoms with van der Waals surface area (Å²) in [6.45, 7) is 7.40. The van der Waals surface area contributed by atoms with E-state index in [0.717, 1.165) is 53.1 Å². The van der Waals surface area contributed by atoms with E-state index in [1.54, 1.807) is 0 Å².